The molecule has 31 heavy (non-hydrogen) atoms. The average molecular weight is 457 g/mol. The van der Waals surface area contributed by atoms with Crippen LogP contribution in [0.3, 0.4) is 0 Å². The van der Waals surface area contributed by atoms with Crippen LogP contribution < -0.4 is 5.32 Å². The van der Waals surface area contributed by atoms with Crippen LogP contribution in [0.1, 0.15) is 57.0 Å². The van der Waals surface area contributed by atoms with Crippen molar-refractivity contribution in [3.8, 4) is 10.8 Å². The molecule has 1 aliphatic rings. The third-order valence-corrected chi connectivity index (χ3v) is 7.88. The number of thiazole rings is 1. The predicted molar refractivity (Wildman–Crippen MR) is 137 cm³/mol. The highest BCUT2D eigenvalue weighted by molar-refractivity contribution is 7.99. The summed E-state index contributed by atoms with van der Waals surface area (Å²) in [5.74, 6) is 4.32. The molecule has 0 aromatic carbocycles. The summed E-state index contributed by atoms with van der Waals surface area (Å²) < 4.78 is 2.38. The van der Waals surface area contributed by atoms with Gasteiger partial charge in [-0.3, -0.25) is 0 Å². The maximum Gasteiger partial charge on any atom is 0.169 e. The van der Waals surface area contributed by atoms with Gasteiger partial charge in [0.25, 0.3) is 0 Å². The molecule has 0 amide bonds. The Morgan fingerprint density at radius 1 is 1.39 bits per heavy atom. The Bertz CT molecular complexity index is 916. The molecule has 1 atom stereocenters. The summed E-state index contributed by atoms with van der Waals surface area (Å²) in [4.78, 5) is 9.82. The van der Waals surface area contributed by atoms with E-state index in [0.29, 0.717) is 0 Å². The van der Waals surface area contributed by atoms with Gasteiger partial charge in [0.05, 0.1) is 11.7 Å². The van der Waals surface area contributed by atoms with Crippen LogP contribution >= 0.6 is 23.1 Å². The van der Waals surface area contributed by atoms with Crippen molar-refractivity contribution >= 4 is 23.1 Å². The minimum Gasteiger partial charge on any atom is -0.326 e. The maximum atomic E-state index is 5.06. The molecule has 0 bridgehead atoms. The Morgan fingerprint density at radius 2 is 2.16 bits per heavy atom. The number of nitrogens with zero attached hydrogens (tertiary/aromatic N) is 3. The number of hydrogen-bond acceptors (Lipinski definition) is 5. The van der Waals surface area contributed by atoms with Crippen LogP contribution in [0.2, 0.25) is 0 Å². The Balaban J connectivity index is 1.90. The van der Waals surface area contributed by atoms with E-state index in [1.807, 2.05) is 25.4 Å². The first-order chi connectivity index (χ1) is 15.1. The van der Waals surface area contributed by atoms with Gasteiger partial charge in [-0.25, -0.2) is 9.97 Å². The van der Waals surface area contributed by atoms with Crippen molar-refractivity contribution in [3.63, 3.8) is 0 Å². The van der Waals surface area contributed by atoms with E-state index in [2.05, 4.69) is 60.5 Å². The largest absolute Gasteiger partial charge is 0.326 e. The quantitative estimate of drug-likeness (QED) is 0.410. The highest BCUT2D eigenvalue weighted by atomic mass is 32.2. The van der Waals surface area contributed by atoms with Gasteiger partial charge in [0.2, 0.25) is 0 Å². The number of likely N-dealkylation sites (N-methyl/N-ethyl adjacent to an activating group) is 1. The van der Waals surface area contributed by atoms with E-state index in [-0.39, 0.29) is 6.04 Å². The number of allylic oxidation sites excluding steroid dienone is 3. The lowest BCUT2D eigenvalue weighted by molar-refractivity contribution is 0.415. The zero-order valence-corrected chi connectivity index (χ0v) is 21.0. The first-order valence-electron chi connectivity index (χ1n) is 11.3. The van der Waals surface area contributed by atoms with E-state index in [1.54, 1.807) is 11.3 Å². The molecular formula is C25H36N4S2. The lowest BCUT2D eigenvalue weighted by Gasteiger charge is -2.23. The summed E-state index contributed by atoms with van der Waals surface area (Å²) >= 11 is 3.78. The van der Waals surface area contributed by atoms with E-state index >= 15 is 0 Å². The minimum atomic E-state index is 0.0626. The van der Waals surface area contributed by atoms with Crippen LogP contribution in [-0.2, 0) is 6.54 Å². The van der Waals surface area contributed by atoms with Gasteiger partial charge in [-0.15, -0.1) is 11.3 Å². The summed E-state index contributed by atoms with van der Waals surface area (Å²) in [6.07, 6.45) is 12.8. The Labute approximate surface area is 196 Å². The summed E-state index contributed by atoms with van der Waals surface area (Å²) in [6, 6.07) is 0.0626. The number of aryl methyl sites for hydroxylation is 1. The fourth-order valence-corrected chi connectivity index (χ4v) is 6.26. The molecular weight excluding hydrogens is 420 g/mol. The van der Waals surface area contributed by atoms with E-state index in [1.165, 1.54) is 41.2 Å². The van der Waals surface area contributed by atoms with E-state index < -0.39 is 0 Å². The average Bonchev–Trinajstić information content (AvgIpc) is 3.39. The molecule has 1 unspecified atom stereocenters. The first-order valence-corrected chi connectivity index (χ1v) is 13.3. The highest BCUT2D eigenvalue weighted by Crippen LogP contribution is 2.33. The highest BCUT2D eigenvalue weighted by Gasteiger charge is 2.22. The summed E-state index contributed by atoms with van der Waals surface area (Å²) in [5.41, 5.74) is 4.95. The van der Waals surface area contributed by atoms with Crippen molar-refractivity contribution in [2.75, 3.05) is 18.6 Å². The second kappa shape index (κ2) is 11.8. The van der Waals surface area contributed by atoms with Crippen molar-refractivity contribution < 1.29 is 0 Å². The van der Waals surface area contributed by atoms with Crippen molar-refractivity contribution in [1.82, 2.24) is 19.9 Å². The fraction of sp³-hybridized carbons (Fsp3) is 0.520. The summed E-state index contributed by atoms with van der Waals surface area (Å²) in [7, 11) is 2.01. The number of thioether (sulfide) groups is 1. The van der Waals surface area contributed by atoms with Crippen molar-refractivity contribution in [2.45, 2.75) is 59.0 Å². The van der Waals surface area contributed by atoms with Gasteiger partial charge in [0.15, 0.2) is 10.8 Å². The molecule has 0 radical (unpaired) electrons. The van der Waals surface area contributed by atoms with Gasteiger partial charge in [-0.2, -0.15) is 11.8 Å². The first kappa shape index (κ1) is 24.0. The molecule has 2 aromatic heterocycles. The smallest absolute Gasteiger partial charge is 0.169 e. The number of hydrogen-bond donors (Lipinski definition) is 1. The summed E-state index contributed by atoms with van der Waals surface area (Å²) in [6.45, 7) is 11.5. The molecule has 1 N–H and O–H groups in total. The predicted octanol–water partition coefficient (Wildman–Crippen LogP) is 6.58. The molecule has 3 rings (SSSR count). The number of rotatable bonds is 10. The second-order valence-electron chi connectivity index (χ2n) is 8.27. The zero-order valence-electron chi connectivity index (χ0n) is 19.4. The molecule has 6 heteroatoms. The third-order valence-electron chi connectivity index (χ3n) is 5.98. The van der Waals surface area contributed by atoms with Crippen LogP contribution in [0.25, 0.3) is 10.8 Å². The van der Waals surface area contributed by atoms with Gasteiger partial charge >= 0.3 is 0 Å². The molecule has 4 nitrogen and oxygen atoms in total. The topological polar surface area (TPSA) is 42.7 Å². The molecule has 0 saturated carbocycles. The van der Waals surface area contributed by atoms with E-state index in [9.17, 15) is 0 Å². The lowest BCUT2D eigenvalue weighted by Crippen LogP contribution is -2.19. The van der Waals surface area contributed by atoms with Crippen LogP contribution in [0.5, 0.6) is 0 Å². The van der Waals surface area contributed by atoms with Crippen LogP contribution in [0.4, 0.5) is 0 Å². The third kappa shape index (κ3) is 5.99. The van der Waals surface area contributed by atoms with Crippen molar-refractivity contribution in [3.05, 3.63) is 58.9 Å². The van der Waals surface area contributed by atoms with Gasteiger partial charge in [0.1, 0.15) is 0 Å². The van der Waals surface area contributed by atoms with Gasteiger partial charge < -0.3 is 9.88 Å². The zero-order chi connectivity index (χ0) is 22.2. The molecule has 1 fully saturated rings. The van der Waals surface area contributed by atoms with Gasteiger partial charge in [-0.1, -0.05) is 43.7 Å². The lowest BCUT2D eigenvalue weighted by atomic mass is 9.96. The van der Waals surface area contributed by atoms with Crippen molar-refractivity contribution in [1.29, 1.82) is 0 Å². The normalized spacial score (nSPS) is 17.2. The van der Waals surface area contributed by atoms with Crippen LogP contribution in [0.15, 0.2) is 47.5 Å². The molecule has 1 aliphatic heterocycles. The van der Waals surface area contributed by atoms with Crippen LogP contribution in [-0.4, -0.2) is 33.1 Å². The Morgan fingerprint density at radius 3 is 2.84 bits per heavy atom. The standard InChI is InChI=1S/C25H36N4S2/c1-6-8-10-21(18(3)9-7-2)23(26-5)22-17-31-25(28-22)24-27-15-19(4)29(24)16-20-11-13-30-14-12-20/h6,8,10,15,17,20,23,26H,1,7,9,11-14,16H2,2-5H3/b10-8-,21-18-. The van der Waals surface area contributed by atoms with Gasteiger partial charge in [-0.05, 0) is 63.2 Å². The maximum absolute atomic E-state index is 5.06. The molecule has 2 aromatic rings. The molecule has 1 saturated heterocycles. The number of nitrogens with one attached hydrogen (secondary N) is 1. The monoisotopic (exact) mass is 456 g/mol. The molecule has 168 valence electrons. The van der Waals surface area contributed by atoms with Crippen molar-refractivity contribution in [2.24, 2.45) is 5.92 Å². The van der Waals surface area contributed by atoms with Gasteiger partial charge in [0, 0.05) is 23.8 Å². The van der Waals surface area contributed by atoms with E-state index in [0.717, 1.165) is 41.8 Å². The minimum absolute atomic E-state index is 0.0626. The number of imidazole rings is 1. The molecule has 0 aliphatic carbocycles. The molecule has 3 heterocycles. The Hall–Kier alpha value is -1.63. The Kier molecular flexibility index (Phi) is 9.17. The number of aromatic nitrogens is 3. The fourth-order valence-electron chi connectivity index (χ4n) is 4.21. The SMILES string of the molecule is C=C/C=C\C(=C(/C)CCC)C(NC)c1csc(-c2ncc(C)n2CC2CCSCC2)n1. The second-order valence-corrected chi connectivity index (χ2v) is 10.4. The van der Waals surface area contributed by atoms with E-state index in [4.69, 9.17) is 9.97 Å². The molecule has 0 spiro atoms. The summed E-state index contributed by atoms with van der Waals surface area (Å²) in [5, 5.41) is 6.68. The van der Waals surface area contributed by atoms with Crippen LogP contribution in [0, 0.1) is 12.8 Å².